The van der Waals surface area contributed by atoms with Crippen molar-refractivity contribution >= 4 is 5.97 Å². The molecule has 0 radical (unpaired) electrons. The van der Waals surface area contributed by atoms with Crippen LogP contribution in [0.1, 0.15) is 21.6 Å². The van der Waals surface area contributed by atoms with Crippen molar-refractivity contribution in [3.8, 4) is 5.69 Å². The van der Waals surface area contributed by atoms with Crippen LogP contribution in [0.25, 0.3) is 5.69 Å². The maximum atomic E-state index is 12.9. The number of nitrogens with zero attached hydrogens (tertiary/aromatic N) is 2. The summed E-state index contributed by atoms with van der Waals surface area (Å²) in [6.45, 7) is 1.79. The molecule has 7 heteroatoms. The van der Waals surface area contributed by atoms with Crippen molar-refractivity contribution in [3.05, 3.63) is 47.3 Å². The summed E-state index contributed by atoms with van der Waals surface area (Å²) in [4.78, 5) is 10.8. The first-order valence-electron chi connectivity index (χ1n) is 5.26. The van der Waals surface area contributed by atoms with Gasteiger partial charge in [-0.15, -0.1) is 0 Å². The van der Waals surface area contributed by atoms with Gasteiger partial charge in [0, 0.05) is 0 Å². The summed E-state index contributed by atoms with van der Waals surface area (Å²) in [6, 6.07) is 6.14. The van der Waals surface area contributed by atoms with Crippen LogP contribution in [0.5, 0.6) is 0 Å². The summed E-state index contributed by atoms with van der Waals surface area (Å²) in [5, 5.41) is 12.3. The van der Waals surface area contributed by atoms with Crippen LogP contribution in [0.3, 0.4) is 0 Å². The minimum absolute atomic E-state index is 0.158. The third-order valence-corrected chi connectivity index (χ3v) is 2.55. The van der Waals surface area contributed by atoms with E-state index in [-0.39, 0.29) is 5.69 Å². The van der Waals surface area contributed by atoms with Crippen LogP contribution in [0.4, 0.5) is 13.2 Å². The van der Waals surface area contributed by atoms with E-state index in [0.717, 1.165) is 5.56 Å². The molecule has 0 unspecified atom stereocenters. The lowest BCUT2D eigenvalue weighted by molar-refractivity contribution is -0.143. The van der Waals surface area contributed by atoms with Gasteiger partial charge in [0.05, 0.1) is 11.9 Å². The molecule has 0 atom stereocenters. The second kappa shape index (κ2) is 4.42. The number of halogens is 3. The van der Waals surface area contributed by atoms with Crippen LogP contribution in [-0.2, 0) is 6.18 Å². The maximum absolute atomic E-state index is 12.9. The largest absolute Gasteiger partial charge is 0.478 e. The molecule has 1 heterocycles. The van der Waals surface area contributed by atoms with Gasteiger partial charge in [-0.2, -0.15) is 18.3 Å². The Morgan fingerprint density at radius 2 is 1.84 bits per heavy atom. The summed E-state index contributed by atoms with van der Waals surface area (Å²) >= 11 is 0. The number of carboxylic acids is 1. The highest BCUT2D eigenvalue weighted by molar-refractivity contribution is 5.89. The molecule has 0 aliphatic rings. The van der Waals surface area contributed by atoms with Crippen LogP contribution in [0, 0.1) is 6.92 Å². The van der Waals surface area contributed by atoms with Gasteiger partial charge in [0.2, 0.25) is 0 Å². The SMILES string of the molecule is Cc1ccc(-n2ncc(C(=O)O)c2C(F)(F)F)cc1. The summed E-state index contributed by atoms with van der Waals surface area (Å²) in [7, 11) is 0. The zero-order valence-electron chi connectivity index (χ0n) is 9.77. The normalized spacial score (nSPS) is 11.6. The van der Waals surface area contributed by atoms with E-state index in [9.17, 15) is 18.0 Å². The molecule has 0 fully saturated rings. The molecular formula is C12H9F3N2O2. The van der Waals surface area contributed by atoms with E-state index in [2.05, 4.69) is 5.10 Å². The lowest BCUT2D eigenvalue weighted by Gasteiger charge is -2.11. The number of hydrogen-bond acceptors (Lipinski definition) is 2. The fourth-order valence-corrected chi connectivity index (χ4v) is 1.66. The van der Waals surface area contributed by atoms with Gasteiger partial charge in [0.1, 0.15) is 5.56 Å². The topological polar surface area (TPSA) is 55.1 Å². The molecule has 0 bridgehead atoms. The number of aryl methyl sites for hydroxylation is 1. The highest BCUT2D eigenvalue weighted by atomic mass is 19.4. The first-order valence-corrected chi connectivity index (χ1v) is 5.26. The van der Waals surface area contributed by atoms with Gasteiger partial charge in [0.15, 0.2) is 5.69 Å². The smallest absolute Gasteiger partial charge is 0.434 e. The Labute approximate surface area is 106 Å². The second-order valence-electron chi connectivity index (χ2n) is 3.96. The Balaban J connectivity index is 2.64. The first kappa shape index (κ1) is 13.1. The van der Waals surface area contributed by atoms with Crippen LogP contribution in [0.2, 0.25) is 0 Å². The minimum Gasteiger partial charge on any atom is -0.478 e. The summed E-state index contributed by atoms with van der Waals surface area (Å²) < 4.78 is 39.4. The van der Waals surface area contributed by atoms with E-state index in [4.69, 9.17) is 5.11 Å². The summed E-state index contributed by atoms with van der Waals surface area (Å²) in [5.74, 6) is -1.66. The second-order valence-corrected chi connectivity index (χ2v) is 3.96. The molecule has 1 N–H and O–H groups in total. The molecule has 0 saturated carbocycles. The lowest BCUT2D eigenvalue weighted by Crippen LogP contribution is -2.17. The molecule has 0 aliphatic carbocycles. The Morgan fingerprint density at radius 1 is 1.26 bits per heavy atom. The van der Waals surface area contributed by atoms with E-state index in [1.165, 1.54) is 12.1 Å². The molecule has 2 aromatic rings. The zero-order chi connectivity index (χ0) is 14.2. The molecule has 0 amide bonds. The highest BCUT2D eigenvalue weighted by Crippen LogP contribution is 2.33. The molecule has 2 rings (SSSR count). The van der Waals surface area contributed by atoms with Crippen molar-refractivity contribution in [3.63, 3.8) is 0 Å². The number of benzene rings is 1. The van der Waals surface area contributed by atoms with Crippen molar-refractivity contribution in [1.82, 2.24) is 9.78 Å². The molecule has 0 saturated heterocycles. The molecule has 0 spiro atoms. The standard InChI is InChI=1S/C12H9F3N2O2/c1-7-2-4-8(5-3-7)17-10(12(13,14)15)9(6-16-17)11(18)19/h2-6H,1H3,(H,18,19). The number of aromatic carboxylic acids is 1. The van der Waals surface area contributed by atoms with E-state index in [1.54, 1.807) is 19.1 Å². The number of aromatic nitrogens is 2. The Hall–Kier alpha value is -2.31. The van der Waals surface area contributed by atoms with Crippen molar-refractivity contribution in [2.75, 3.05) is 0 Å². The molecular weight excluding hydrogens is 261 g/mol. The van der Waals surface area contributed by atoms with Gasteiger partial charge < -0.3 is 5.11 Å². The number of carbonyl (C=O) groups is 1. The number of rotatable bonds is 2. The van der Waals surface area contributed by atoms with Crippen molar-refractivity contribution in [1.29, 1.82) is 0 Å². The number of alkyl halides is 3. The highest BCUT2D eigenvalue weighted by Gasteiger charge is 2.40. The Bertz CT molecular complexity index is 615. The fourth-order valence-electron chi connectivity index (χ4n) is 1.66. The quantitative estimate of drug-likeness (QED) is 0.912. The third kappa shape index (κ3) is 2.44. The van der Waals surface area contributed by atoms with E-state index < -0.39 is 23.4 Å². The van der Waals surface area contributed by atoms with Gasteiger partial charge in [-0.3, -0.25) is 0 Å². The van der Waals surface area contributed by atoms with Crippen LogP contribution >= 0.6 is 0 Å². The van der Waals surface area contributed by atoms with E-state index in [1.807, 2.05) is 0 Å². The average Bonchev–Trinajstić information content (AvgIpc) is 2.74. The van der Waals surface area contributed by atoms with Crippen molar-refractivity contribution < 1.29 is 23.1 Å². The number of hydrogen-bond donors (Lipinski definition) is 1. The molecule has 1 aromatic heterocycles. The zero-order valence-corrected chi connectivity index (χ0v) is 9.77. The molecule has 0 aliphatic heterocycles. The first-order chi connectivity index (χ1) is 8.80. The van der Waals surface area contributed by atoms with Crippen molar-refractivity contribution in [2.24, 2.45) is 0 Å². The lowest BCUT2D eigenvalue weighted by atomic mass is 10.2. The molecule has 1 aromatic carbocycles. The summed E-state index contributed by atoms with van der Waals surface area (Å²) in [5.41, 5.74) is -1.12. The predicted octanol–water partition coefficient (Wildman–Crippen LogP) is 2.90. The van der Waals surface area contributed by atoms with E-state index in [0.29, 0.717) is 10.9 Å². The average molecular weight is 270 g/mol. The van der Waals surface area contributed by atoms with Crippen molar-refractivity contribution in [2.45, 2.75) is 13.1 Å². The van der Waals surface area contributed by atoms with Crippen LogP contribution in [0.15, 0.2) is 30.5 Å². The van der Waals surface area contributed by atoms with Gasteiger partial charge in [-0.05, 0) is 19.1 Å². The van der Waals surface area contributed by atoms with Gasteiger partial charge in [0.25, 0.3) is 0 Å². The fraction of sp³-hybridized carbons (Fsp3) is 0.167. The molecule has 100 valence electrons. The Kier molecular flexibility index (Phi) is 3.05. The maximum Gasteiger partial charge on any atom is 0.434 e. The minimum atomic E-state index is -4.80. The third-order valence-electron chi connectivity index (χ3n) is 2.55. The predicted molar refractivity (Wildman–Crippen MR) is 60.3 cm³/mol. The molecule has 4 nitrogen and oxygen atoms in total. The van der Waals surface area contributed by atoms with Gasteiger partial charge in [-0.25, -0.2) is 9.48 Å². The Morgan fingerprint density at radius 3 is 2.32 bits per heavy atom. The summed E-state index contributed by atoms with van der Waals surface area (Å²) in [6.07, 6.45) is -4.10. The van der Waals surface area contributed by atoms with Gasteiger partial charge in [-0.1, -0.05) is 17.7 Å². The van der Waals surface area contributed by atoms with Crippen LogP contribution in [-0.4, -0.2) is 20.9 Å². The van der Waals surface area contributed by atoms with E-state index >= 15 is 0 Å². The number of carboxylic acid groups (broad SMARTS) is 1. The van der Waals surface area contributed by atoms with Gasteiger partial charge >= 0.3 is 12.1 Å². The monoisotopic (exact) mass is 270 g/mol. The molecule has 19 heavy (non-hydrogen) atoms. The van der Waals surface area contributed by atoms with Crippen LogP contribution < -0.4 is 0 Å².